The molecule has 0 bridgehead atoms. The van der Waals surface area contributed by atoms with Gasteiger partial charge in [0.05, 0.1) is 22.7 Å². The number of imidazole rings is 1. The molecule has 3 heterocycles. The van der Waals surface area contributed by atoms with E-state index < -0.39 is 0 Å². The van der Waals surface area contributed by atoms with Crippen LogP contribution in [0.1, 0.15) is 24.1 Å². The Morgan fingerprint density at radius 3 is 2.36 bits per heavy atom. The average Bonchev–Trinajstić information content (AvgIpc) is 3.27. The van der Waals surface area contributed by atoms with Crippen molar-refractivity contribution in [3.05, 3.63) is 78.0 Å². The lowest BCUT2D eigenvalue weighted by atomic mass is 9.96. The number of thioether (sulfide) groups is 1. The molecule has 0 radical (unpaired) electrons. The van der Waals surface area contributed by atoms with Gasteiger partial charge in [0, 0.05) is 30.3 Å². The van der Waals surface area contributed by atoms with Gasteiger partial charge in [-0.15, -0.1) is 0 Å². The van der Waals surface area contributed by atoms with E-state index in [-0.39, 0.29) is 23.5 Å². The van der Waals surface area contributed by atoms with Gasteiger partial charge in [-0.1, -0.05) is 60.3 Å². The third-order valence-electron chi connectivity index (χ3n) is 6.51. The van der Waals surface area contributed by atoms with E-state index in [0.717, 1.165) is 33.7 Å². The van der Waals surface area contributed by atoms with Crippen molar-refractivity contribution in [3.63, 3.8) is 0 Å². The number of benzene rings is 2. The van der Waals surface area contributed by atoms with E-state index in [4.69, 9.17) is 10.1 Å². The minimum absolute atomic E-state index is 0.0248. The molecule has 0 spiro atoms. The monoisotopic (exact) mass is 499 g/mol. The van der Waals surface area contributed by atoms with Crippen molar-refractivity contribution >= 4 is 34.8 Å². The molecule has 0 atom stereocenters. The van der Waals surface area contributed by atoms with E-state index in [2.05, 4.69) is 18.3 Å². The highest BCUT2D eigenvalue weighted by Crippen LogP contribution is 2.31. The Hall–Kier alpha value is -3.65. The lowest BCUT2D eigenvalue weighted by Gasteiger charge is -2.31. The van der Waals surface area contributed by atoms with Crippen LogP contribution in [0.2, 0.25) is 0 Å². The van der Waals surface area contributed by atoms with Gasteiger partial charge >= 0.3 is 0 Å². The number of likely N-dealkylation sites (tertiary alicyclic amines) is 1. The minimum atomic E-state index is -0.0817. The van der Waals surface area contributed by atoms with Crippen molar-refractivity contribution in [3.8, 4) is 11.3 Å². The zero-order chi connectivity index (χ0) is 25.1. The standard InChI is InChI=1S/C28H29N5O2S/c1-19-17-20(2)31-33-26(19)25(21-9-5-3-6-10-21)30-28(33)36-18-24(34)32-15-13-22(14-16-32)27(35)29-23-11-7-4-8-12-23/h3-12,17,22H,13-16,18H2,1-2H3,(H,29,35). The summed E-state index contributed by atoms with van der Waals surface area (Å²) in [6, 6.07) is 21.6. The maximum atomic E-state index is 13.0. The fraction of sp³-hybridized carbons (Fsp3) is 0.286. The first kappa shape index (κ1) is 24.1. The molecule has 5 rings (SSSR count). The summed E-state index contributed by atoms with van der Waals surface area (Å²) in [4.78, 5) is 32.4. The van der Waals surface area contributed by atoms with Gasteiger partial charge in [0.2, 0.25) is 11.8 Å². The van der Waals surface area contributed by atoms with E-state index in [1.165, 1.54) is 11.8 Å². The van der Waals surface area contributed by atoms with Gasteiger partial charge in [0.15, 0.2) is 5.16 Å². The fourth-order valence-electron chi connectivity index (χ4n) is 4.67. The van der Waals surface area contributed by atoms with Crippen molar-refractivity contribution in [1.82, 2.24) is 19.5 Å². The Morgan fingerprint density at radius 2 is 1.67 bits per heavy atom. The van der Waals surface area contributed by atoms with Crippen molar-refractivity contribution in [2.45, 2.75) is 31.8 Å². The summed E-state index contributed by atoms with van der Waals surface area (Å²) in [6.07, 6.45) is 1.33. The Morgan fingerprint density at radius 1 is 1.00 bits per heavy atom. The van der Waals surface area contributed by atoms with Gasteiger partial charge in [0.1, 0.15) is 0 Å². The SMILES string of the molecule is Cc1cc(C)c2c(-c3ccccc3)nc(SCC(=O)N3CCC(C(=O)Nc4ccccc4)CC3)n2n1. The smallest absolute Gasteiger partial charge is 0.233 e. The van der Waals surface area contributed by atoms with Crippen LogP contribution < -0.4 is 5.32 Å². The average molecular weight is 500 g/mol. The molecule has 2 amide bonds. The Kier molecular flexibility index (Phi) is 7.04. The number of aryl methyl sites for hydroxylation is 2. The zero-order valence-corrected chi connectivity index (χ0v) is 21.3. The summed E-state index contributed by atoms with van der Waals surface area (Å²) >= 11 is 1.41. The Bertz CT molecular complexity index is 1380. The number of fused-ring (bicyclic) bond motifs is 1. The molecule has 4 aromatic rings. The highest BCUT2D eigenvalue weighted by atomic mass is 32.2. The van der Waals surface area contributed by atoms with Gasteiger partial charge in [-0.2, -0.15) is 5.10 Å². The molecule has 0 aliphatic carbocycles. The third-order valence-corrected chi connectivity index (χ3v) is 7.43. The van der Waals surface area contributed by atoms with E-state index >= 15 is 0 Å². The summed E-state index contributed by atoms with van der Waals surface area (Å²) < 4.78 is 1.87. The van der Waals surface area contributed by atoms with Crippen LogP contribution in [-0.4, -0.2) is 50.2 Å². The van der Waals surface area contributed by atoms with Gasteiger partial charge in [-0.25, -0.2) is 9.50 Å². The van der Waals surface area contributed by atoms with Crippen LogP contribution in [0.3, 0.4) is 0 Å². The number of aromatic nitrogens is 3. The molecule has 1 N–H and O–H groups in total. The topological polar surface area (TPSA) is 79.6 Å². The van der Waals surface area contributed by atoms with Gasteiger partial charge in [-0.3, -0.25) is 9.59 Å². The second-order valence-electron chi connectivity index (χ2n) is 9.14. The van der Waals surface area contributed by atoms with Crippen molar-refractivity contribution in [2.75, 3.05) is 24.2 Å². The minimum Gasteiger partial charge on any atom is -0.342 e. The summed E-state index contributed by atoms with van der Waals surface area (Å²) in [5, 5.41) is 8.39. The first-order valence-electron chi connectivity index (χ1n) is 12.2. The number of nitrogens with one attached hydrogen (secondary N) is 1. The van der Waals surface area contributed by atoms with Crippen LogP contribution in [-0.2, 0) is 9.59 Å². The van der Waals surface area contributed by atoms with E-state index in [1.54, 1.807) is 0 Å². The largest absolute Gasteiger partial charge is 0.342 e. The number of nitrogens with zero attached hydrogens (tertiary/aromatic N) is 4. The fourth-order valence-corrected chi connectivity index (χ4v) is 5.52. The highest BCUT2D eigenvalue weighted by Gasteiger charge is 2.28. The van der Waals surface area contributed by atoms with Crippen molar-refractivity contribution in [1.29, 1.82) is 0 Å². The highest BCUT2D eigenvalue weighted by molar-refractivity contribution is 7.99. The first-order chi connectivity index (χ1) is 17.5. The predicted molar refractivity (Wildman–Crippen MR) is 143 cm³/mol. The summed E-state index contributed by atoms with van der Waals surface area (Å²) in [5.74, 6) is 0.283. The zero-order valence-electron chi connectivity index (χ0n) is 20.5. The number of piperidine rings is 1. The number of hydrogen-bond donors (Lipinski definition) is 1. The number of anilines is 1. The van der Waals surface area contributed by atoms with Crippen LogP contribution in [0.25, 0.3) is 16.8 Å². The molecule has 0 saturated carbocycles. The number of carbonyl (C=O) groups excluding carboxylic acids is 2. The lowest BCUT2D eigenvalue weighted by molar-refractivity contribution is -0.132. The van der Waals surface area contributed by atoms with Crippen LogP contribution in [0.5, 0.6) is 0 Å². The number of para-hydroxylation sites is 1. The van der Waals surface area contributed by atoms with Gasteiger partial charge in [0.25, 0.3) is 0 Å². The number of rotatable bonds is 6. The van der Waals surface area contributed by atoms with E-state index in [1.807, 2.05) is 77.0 Å². The predicted octanol–water partition coefficient (Wildman–Crippen LogP) is 4.98. The summed E-state index contributed by atoms with van der Waals surface area (Å²) in [6.45, 7) is 5.20. The molecule has 0 unspecified atom stereocenters. The maximum Gasteiger partial charge on any atom is 0.233 e. The number of hydrogen-bond acceptors (Lipinski definition) is 5. The molecule has 8 heteroatoms. The molecule has 7 nitrogen and oxygen atoms in total. The third kappa shape index (κ3) is 5.14. The normalized spacial score (nSPS) is 14.2. The molecule has 1 aliphatic rings. The lowest BCUT2D eigenvalue weighted by Crippen LogP contribution is -2.42. The van der Waals surface area contributed by atoms with Crippen molar-refractivity contribution in [2.24, 2.45) is 5.92 Å². The molecule has 2 aromatic heterocycles. The molecular weight excluding hydrogens is 470 g/mol. The Labute approximate surface area is 214 Å². The molecule has 1 saturated heterocycles. The molecule has 36 heavy (non-hydrogen) atoms. The van der Waals surface area contributed by atoms with E-state index in [9.17, 15) is 9.59 Å². The first-order valence-corrected chi connectivity index (χ1v) is 13.2. The van der Waals surface area contributed by atoms with E-state index in [0.29, 0.717) is 31.1 Å². The summed E-state index contributed by atoms with van der Waals surface area (Å²) in [5.41, 5.74) is 5.67. The van der Waals surface area contributed by atoms with Gasteiger partial charge < -0.3 is 10.2 Å². The van der Waals surface area contributed by atoms with Crippen LogP contribution in [0, 0.1) is 19.8 Å². The second kappa shape index (κ2) is 10.5. The molecule has 1 aliphatic heterocycles. The Balaban J connectivity index is 1.24. The molecular formula is C28H29N5O2S. The van der Waals surface area contributed by atoms with Gasteiger partial charge in [-0.05, 0) is 50.5 Å². The molecule has 1 fully saturated rings. The molecule has 184 valence electrons. The number of amides is 2. The van der Waals surface area contributed by atoms with Crippen LogP contribution in [0.4, 0.5) is 5.69 Å². The maximum absolute atomic E-state index is 13.0. The second-order valence-corrected chi connectivity index (χ2v) is 10.1. The molecule has 2 aromatic carbocycles. The van der Waals surface area contributed by atoms with Crippen molar-refractivity contribution < 1.29 is 9.59 Å². The van der Waals surface area contributed by atoms with Crippen LogP contribution >= 0.6 is 11.8 Å². The quantitative estimate of drug-likeness (QED) is 0.379. The summed E-state index contributed by atoms with van der Waals surface area (Å²) in [7, 11) is 0. The van der Waals surface area contributed by atoms with Crippen LogP contribution in [0.15, 0.2) is 71.9 Å². The number of carbonyl (C=O) groups is 2.